The van der Waals surface area contributed by atoms with Crippen LogP contribution in [0.3, 0.4) is 0 Å². The molecule has 1 saturated heterocycles. The molecular formula is C25H31FN4O2S. The molecule has 2 aromatic heterocycles. The van der Waals surface area contributed by atoms with Gasteiger partial charge in [-0.05, 0) is 69.0 Å². The molecule has 1 fully saturated rings. The van der Waals surface area contributed by atoms with Gasteiger partial charge in [-0.3, -0.25) is 9.58 Å². The maximum Gasteiger partial charge on any atom is 0.213 e. The van der Waals surface area contributed by atoms with Crippen molar-refractivity contribution in [3.05, 3.63) is 83.2 Å². The van der Waals surface area contributed by atoms with Gasteiger partial charge >= 0.3 is 0 Å². The van der Waals surface area contributed by atoms with Gasteiger partial charge in [0.15, 0.2) is 9.84 Å². The summed E-state index contributed by atoms with van der Waals surface area (Å²) in [6.07, 6.45) is 5.95. The fourth-order valence-electron chi connectivity index (χ4n) is 4.30. The fourth-order valence-corrected chi connectivity index (χ4v) is 5.27. The van der Waals surface area contributed by atoms with Crippen LogP contribution in [0.4, 0.5) is 4.39 Å². The Bertz CT molecular complexity index is 1180. The molecule has 176 valence electrons. The summed E-state index contributed by atoms with van der Waals surface area (Å²) in [5.41, 5.74) is 3.89. The molecule has 0 aliphatic carbocycles. The van der Waals surface area contributed by atoms with Gasteiger partial charge in [0.2, 0.25) is 5.95 Å². The van der Waals surface area contributed by atoms with Gasteiger partial charge < -0.3 is 0 Å². The molecule has 1 aliphatic rings. The van der Waals surface area contributed by atoms with Gasteiger partial charge in [-0.1, -0.05) is 30.3 Å². The second kappa shape index (κ2) is 10.1. The maximum atomic E-state index is 13.3. The molecule has 0 bridgehead atoms. The summed E-state index contributed by atoms with van der Waals surface area (Å²) in [6.45, 7) is 6.71. The van der Waals surface area contributed by atoms with Crippen molar-refractivity contribution < 1.29 is 12.8 Å². The number of halogens is 1. The third-order valence-corrected chi connectivity index (χ3v) is 8.46. The van der Waals surface area contributed by atoms with Crippen LogP contribution in [0.1, 0.15) is 55.0 Å². The summed E-state index contributed by atoms with van der Waals surface area (Å²) in [7, 11) is -3.10. The molecule has 0 radical (unpaired) electrons. The Hall–Kier alpha value is -2.58. The van der Waals surface area contributed by atoms with E-state index in [-0.39, 0.29) is 11.0 Å². The van der Waals surface area contributed by atoms with Crippen LogP contribution in [-0.2, 0) is 28.7 Å². The second-order valence-electron chi connectivity index (χ2n) is 9.15. The van der Waals surface area contributed by atoms with Crippen LogP contribution in [-0.4, -0.2) is 46.4 Å². The van der Waals surface area contributed by atoms with Crippen LogP contribution >= 0.6 is 0 Å². The van der Waals surface area contributed by atoms with Gasteiger partial charge in [0.1, 0.15) is 0 Å². The Morgan fingerprint density at radius 1 is 1.06 bits per heavy atom. The number of pyridine rings is 1. The van der Waals surface area contributed by atoms with E-state index in [2.05, 4.69) is 27.1 Å². The predicted molar refractivity (Wildman–Crippen MR) is 127 cm³/mol. The lowest BCUT2D eigenvalue weighted by Crippen LogP contribution is -2.32. The zero-order chi connectivity index (χ0) is 23.4. The molecule has 3 heterocycles. The van der Waals surface area contributed by atoms with E-state index in [1.54, 1.807) is 30.7 Å². The number of benzene rings is 1. The van der Waals surface area contributed by atoms with Crippen LogP contribution in [0.5, 0.6) is 0 Å². The lowest BCUT2D eigenvalue weighted by Gasteiger charge is -2.32. The van der Waals surface area contributed by atoms with Gasteiger partial charge in [-0.15, -0.1) is 0 Å². The van der Waals surface area contributed by atoms with E-state index in [0.29, 0.717) is 18.2 Å². The average Bonchev–Trinajstić information content (AvgIpc) is 3.20. The average molecular weight is 471 g/mol. The van der Waals surface area contributed by atoms with Crippen molar-refractivity contribution in [1.29, 1.82) is 0 Å². The minimum atomic E-state index is -3.10. The topological polar surface area (TPSA) is 68.1 Å². The van der Waals surface area contributed by atoms with Gasteiger partial charge in [0.05, 0.1) is 29.4 Å². The molecule has 0 unspecified atom stereocenters. The lowest BCUT2D eigenvalue weighted by atomic mass is 9.88. The van der Waals surface area contributed by atoms with E-state index in [1.165, 1.54) is 11.6 Å². The quantitative estimate of drug-likeness (QED) is 0.462. The van der Waals surface area contributed by atoms with Crippen molar-refractivity contribution in [3.8, 4) is 0 Å². The molecule has 0 amide bonds. The SMILES string of the molecule is CC(C)S(=O)(=O)Cc1cccc(C2CCN(Cc3cnn(Cc4cccc(F)n4)c3)CC2)c1. The molecule has 0 saturated carbocycles. The van der Waals surface area contributed by atoms with Crippen LogP contribution in [0.2, 0.25) is 0 Å². The molecule has 1 aromatic carbocycles. The van der Waals surface area contributed by atoms with Crippen molar-refractivity contribution in [2.45, 2.75) is 56.7 Å². The van der Waals surface area contributed by atoms with Crippen LogP contribution in [0.25, 0.3) is 0 Å². The first-order chi connectivity index (χ1) is 15.8. The predicted octanol–water partition coefficient (Wildman–Crippen LogP) is 4.17. The molecule has 0 spiro atoms. The van der Waals surface area contributed by atoms with Gasteiger partial charge in [0, 0.05) is 18.3 Å². The van der Waals surface area contributed by atoms with Gasteiger partial charge in [-0.2, -0.15) is 9.49 Å². The molecule has 6 nitrogen and oxygen atoms in total. The number of hydrogen-bond acceptors (Lipinski definition) is 5. The number of rotatable bonds is 8. The van der Waals surface area contributed by atoms with Crippen molar-refractivity contribution in [2.75, 3.05) is 13.1 Å². The summed E-state index contributed by atoms with van der Waals surface area (Å²) in [4.78, 5) is 6.32. The molecule has 3 aromatic rings. The first kappa shape index (κ1) is 23.6. The van der Waals surface area contributed by atoms with Gasteiger partial charge in [0.25, 0.3) is 0 Å². The Morgan fingerprint density at radius 3 is 2.55 bits per heavy atom. The van der Waals surface area contributed by atoms with Crippen LogP contribution in [0.15, 0.2) is 54.9 Å². The summed E-state index contributed by atoms with van der Waals surface area (Å²) in [6, 6.07) is 12.9. The summed E-state index contributed by atoms with van der Waals surface area (Å²) >= 11 is 0. The van der Waals surface area contributed by atoms with E-state index in [0.717, 1.165) is 43.6 Å². The lowest BCUT2D eigenvalue weighted by molar-refractivity contribution is 0.204. The normalized spacial score (nSPS) is 15.9. The number of nitrogens with zero attached hydrogens (tertiary/aromatic N) is 4. The minimum absolute atomic E-state index is 0.104. The second-order valence-corrected chi connectivity index (χ2v) is 11.7. The summed E-state index contributed by atoms with van der Waals surface area (Å²) in [5, 5.41) is 4.04. The summed E-state index contributed by atoms with van der Waals surface area (Å²) in [5.74, 6) is 0.0755. The summed E-state index contributed by atoms with van der Waals surface area (Å²) < 4.78 is 39.7. The monoisotopic (exact) mass is 470 g/mol. The number of hydrogen-bond donors (Lipinski definition) is 0. The molecule has 4 rings (SSSR count). The zero-order valence-electron chi connectivity index (χ0n) is 19.2. The number of likely N-dealkylation sites (tertiary alicyclic amines) is 1. The van der Waals surface area contributed by atoms with Gasteiger partial charge in [-0.25, -0.2) is 13.4 Å². The fraction of sp³-hybridized carbons (Fsp3) is 0.440. The Morgan fingerprint density at radius 2 is 1.82 bits per heavy atom. The van der Waals surface area contributed by atoms with E-state index < -0.39 is 15.8 Å². The number of aromatic nitrogens is 3. The highest BCUT2D eigenvalue weighted by Crippen LogP contribution is 2.29. The Balaban J connectivity index is 1.31. The van der Waals surface area contributed by atoms with Crippen LogP contribution in [0, 0.1) is 5.95 Å². The Kier molecular flexibility index (Phi) is 7.24. The first-order valence-corrected chi connectivity index (χ1v) is 13.2. The van der Waals surface area contributed by atoms with E-state index in [1.807, 2.05) is 24.5 Å². The van der Waals surface area contributed by atoms with E-state index >= 15 is 0 Å². The van der Waals surface area contributed by atoms with Crippen LogP contribution < -0.4 is 0 Å². The minimum Gasteiger partial charge on any atom is -0.299 e. The smallest absolute Gasteiger partial charge is 0.213 e. The standard InChI is InChI=1S/C25H31FN4O2S/c1-19(2)33(31,32)18-20-5-3-6-23(13-20)22-9-11-29(12-10-22)15-21-14-27-30(16-21)17-24-7-4-8-25(26)28-24/h3-8,13-14,16,19,22H,9-12,15,17-18H2,1-2H3. The Labute approximate surface area is 195 Å². The third kappa shape index (κ3) is 6.26. The molecule has 1 aliphatic heterocycles. The zero-order valence-corrected chi connectivity index (χ0v) is 20.0. The molecule has 0 atom stereocenters. The highest BCUT2D eigenvalue weighted by Gasteiger charge is 2.22. The third-order valence-electron chi connectivity index (χ3n) is 6.29. The highest BCUT2D eigenvalue weighted by molar-refractivity contribution is 7.91. The van der Waals surface area contributed by atoms with E-state index in [4.69, 9.17) is 0 Å². The van der Waals surface area contributed by atoms with Crippen molar-refractivity contribution in [2.24, 2.45) is 0 Å². The first-order valence-electron chi connectivity index (χ1n) is 11.4. The van der Waals surface area contributed by atoms with Crippen molar-refractivity contribution in [3.63, 3.8) is 0 Å². The largest absolute Gasteiger partial charge is 0.299 e. The maximum absolute atomic E-state index is 13.3. The molecular weight excluding hydrogens is 439 g/mol. The van der Waals surface area contributed by atoms with E-state index in [9.17, 15) is 12.8 Å². The number of sulfone groups is 1. The van der Waals surface area contributed by atoms with Crippen molar-refractivity contribution in [1.82, 2.24) is 19.7 Å². The van der Waals surface area contributed by atoms with Crippen molar-refractivity contribution >= 4 is 9.84 Å². The molecule has 8 heteroatoms. The highest BCUT2D eigenvalue weighted by atomic mass is 32.2. The molecule has 33 heavy (non-hydrogen) atoms. The molecule has 0 N–H and O–H groups in total. The number of piperidine rings is 1.